The van der Waals surface area contributed by atoms with E-state index in [9.17, 15) is 9.59 Å². The summed E-state index contributed by atoms with van der Waals surface area (Å²) in [5.74, 6) is -0.103. The highest BCUT2D eigenvalue weighted by molar-refractivity contribution is 7.80. The van der Waals surface area contributed by atoms with Gasteiger partial charge in [0.1, 0.15) is 0 Å². The molecule has 19 heavy (non-hydrogen) atoms. The molecule has 0 aliphatic carbocycles. The number of hydrogen-bond acceptors (Lipinski definition) is 4. The van der Waals surface area contributed by atoms with E-state index in [1.165, 1.54) is 0 Å². The summed E-state index contributed by atoms with van der Waals surface area (Å²) in [6.45, 7) is 2.42. The molecule has 0 saturated heterocycles. The Balaban J connectivity index is 2.72. The Hall–Kier alpha value is -1.49. The number of hydrogen-bond donors (Lipinski definition) is 2. The highest BCUT2D eigenvalue weighted by atomic mass is 32.1. The Kier molecular flexibility index (Phi) is 7.03. The normalized spacial score (nSPS) is 10.0. The lowest BCUT2D eigenvalue weighted by atomic mass is 10.1. The van der Waals surface area contributed by atoms with Crippen molar-refractivity contribution in [3.63, 3.8) is 0 Å². The molecule has 0 aliphatic heterocycles. The van der Waals surface area contributed by atoms with Crippen LogP contribution < -0.4 is 5.32 Å². The van der Waals surface area contributed by atoms with Crippen LogP contribution >= 0.6 is 12.6 Å². The molecular weight excluding hydrogens is 262 g/mol. The first kappa shape index (κ1) is 15.6. The van der Waals surface area contributed by atoms with Crippen LogP contribution in [0.15, 0.2) is 24.3 Å². The minimum Gasteiger partial charge on any atom is -0.462 e. The number of carbonyl (C=O) groups is 2. The van der Waals surface area contributed by atoms with Crippen LogP contribution in [0.1, 0.15) is 36.5 Å². The van der Waals surface area contributed by atoms with Crippen molar-refractivity contribution in [2.45, 2.75) is 26.2 Å². The molecule has 1 rings (SSSR count). The Labute approximate surface area is 118 Å². The smallest absolute Gasteiger partial charge is 0.340 e. The van der Waals surface area contributed by atoms with E-state index in [2.05, 4.69) is 17.9 Å². The van der Waals surface area contributed by atoms with Crippen molar-refractivity contribution in [3.8, 4) is 0 Å². The number of nitrogens with one attached hydrogen (secondary N) is 1. The van der Waals surface area contributed by atoms with Gasteiger partial charge < -0.3 is 10.1 Å². The number of para-hydroxylation sites is 1. The summed E-state index contributed by atoms with van der Waals surface area (Å²) in [5.41, 5.74) is 0.863. The van der Waals surface area contributed by atoms with Crippen molar-refractivity contribution >= 4 is 30.2 Å². The minimum atomic E-state index is -0.407. The second-order valence-electron chi connectivity index (χ2n) is 4.06. The highest BCUT2D eigenvalue weighted by Crippen LogP contribution is 2.16. The Morgan fingerprint density at radius 2 is 2.05 bits per heavy atom. The maximum atomic E-state index is 11.9. The minimum absolute atomic E-state index is 0.163. The summed E-state index contributed by atoms with van der Waals surface area (Å²) in [6.07, 6.45) is 2.11. The molecule has 0 aromatic heterocycles. The van der Waals surface area contributed by atoms with Gasteiger partial charge in [-0.2, -0.15) is 12.6 Å². The Bertz CT molecular complexity index is 434. The molecule has 0 unspecified atom stereocenters. The molecular formula is C14H19NO3S. The quantitative estimate of drug-likeness (QED) is 0.459. The molecule has 0 spiro atoms. The summed E-state index contributed by atoms with van der Waals surface area (Å²) >= 11 is 4.00. The standard InChI is InChI=1S/C14H19NO3S/c1-2-3-9-18-14(17)11-6-4-5-7-12(11)15-13(16)8-10-19/h4-7,19H,2-3,8-10H2,1H3,(H,15,16). The summed E-state index contributed by atoms with van der Waals surface area (Å²) in [4.78, 5) is 23.4. The number of thiol groups is 1. The van der Waals surface area contributed by atoms with Crippen LogP contribution in [-0.2, 0) is 9.53 Å². The van der Waals surface area contributed by atoms with Crippen LogP contribution in [0.2, 0.25) is 0 Å². The summed E-state index contributed by atoms with van der Waals surface area (Å²) in [7, 11) is 0. The zero-order chi connectivity index (χ0) is 14.1. The summed E-state index contributed by atoms with van der Waals surface area (Å²) < 4.78 is 5.15. The third-order valence-electron chi connectivity index (χ3n) is 2.49. The zero-order valence-corrected chi connectivity index (χ0v) is 11.9. The predicted octanol–water partition coefficient (Wildman–Crippen LogP) is 2.90. The number of rotatable bonds is 7. The van der Waals surface area contributed by atoms with Crippen LogP contribution in [0.5, 0.6) is 0 Å². The molecule has 5 heteroatoms. The predicted molar refractivity (Wildman–Crippen MR) is 78.7 cm³/mol. The van der Waals surface area contributed by atoms with Crippen LogP contribution in [0.4, 0.5) is 5.69 Å². The molecule has 0 atom stereocenters. The first-order chi connectivity index (χ1) is 9.19. The second-order valence-corrected chi connectivity index (χ2v) is 4.50. The molecule has 1 aromatic rings. The third-order valence-corrected chi connectivity index (χ3v) is 2.71. The fourth-order valence-corrected chi connectivity index (χ4v) is 1.67. The zero-order valence-electron chi connectivity index (χ0n) is 11.0. The van der Waals surface area contributed by atoms with Gasteiger partial charge in [0.25, 0.3) is 0 Å². The number of anilines is 1. The molecule has 1 amide bonds. The third kappa shape index (κ3) is 5.34. The number of unbranched alkanes of at least 4 members (excludes halogenated alkanes) is 1. The lowest BCUT2D eigenvalue weighted by Crippen LogP contribution is -2.16. The first-order valence-corrected chi connectivity index (χ1v) is 6.99. The van der Waals surface area contributed by atoms with Gasteiger partial charge in [0.2, 0.25) is 5.91 Å². The number of esters is 1. The van der Waals surface area contributed by atoms with E-state index >= 15 is 0 Å². The largest absolute Gasteiger partial charge is 0.462 e. The molecule has 4 nitrogen and oxygen atoms in total. The maximum absolute atomic E-state index is 11.9. The SMILES string of the molecule is CCCCOC(=O)c1ccccc1NC(=O)CCS. The van der Waals surface area contributed by atoms with E-state index < -0.39 is 5.97 Å². The average molecular weight is 281 g/mol. The van der Waals surface area contributed by atoms with Crippen molar-refractivity contribution < 1.29 is 14.3 Å². The van der Waals surface area contributed by atoms with Crippen molar-refractivity contribution in [3.05, 3.63) is 29.8 Å². The molecule has 104 valence electrons. The summed E-state index contributed by atoms with van der Waals surface area (Å²) in [6, 6.07) is 6.83. The number of benzene rings is 1. The van der Waals surface area contributed by atoms with Crippen molar-refractivity contribution in [2.75, 3.05) is 17.7 Å². The van der Waals surface area contributed by atoms with Crippen molar-refractivity contribution in [1.29, 1.82) is 0 Å². The fraction of sp³-hybridized carbons (Fsp3) is 0.429. The molecule has 0 saturated carbocycles. The topological polar surface area (TPSA) is 55.4 Å². The second kappa shape index (κ2) is 8.58. The van der Waals surface area contributed by atoms with Gasteiger partial charge >= 0.3 is 5.97 Å². The Morgan fingerprint density at radius 1 is 1.32 bits per heavy atom. The van der Waals surface area contributed by atoms with Crippen LogP contribution in [-0.4, -0.2) is 24.2 Å². The average Bonchev–Trinajstić information content (AvgIpc) is 2.39. The van der Waals surface area contributed by atoms with Crippen molar-refractivity contribution in [2.24, 2.45) is 0 Å². The van der Waals surface area contributed by atoms with E-state index in [0.717, 1.165) is 12.8 Å². The van der Waals surface area contributed by atoms with E-state index in [4.69, 9.17) is 4.74 Å². The van der Waals surface area contributed by atoms with Crippen LogP contribution in [0.3, 0.4) is 0 Å². The molecule has 0 radical (unpaired) electrons. The number of ether oxygens (including phenoxy) is 1. The Morgan fingerprint density at radius 3 is 2.74 bits per heavy atom. The number of amides is 1. The molecule has 0 bridgehead atoms. The fourth-order valence-electron chi connectivity index (χ4n) is 1.47. The first-order valence-electron chi connectivity index (χ1n) is 6.36. The molecule has 0 heterocycles. The van der Waals surface area contributed by atoms with Crippen LogP contribution in [0, 0.1) is 0 Å². The highest BCUT2D eigenvalue weighted by Gasteiger charge is 2.13. The van der Waals surface area contributed by atoms with Gasteiger partial charge in [-0.3, -0.25) is 4.79 Å². The van der Waals surface area contributed by atoms with E-state index in [1.54, 1.807) is 24.3 Å². The van der Waals surface area contributed by atoms with Gasteiger partial charge in [-0.1, -0.05) is 25.5 Å². The summed E-state index contributed by atoms with van der Waals surface area (Å²) in [5, 5.41) is 2.69. The van der Waals surface area contributed by atoms with Gasteiger partial charge in [0, 0.05) is 6.42 Å². The van der Waals surface area contributed by atoms with E-state index in [0.29, 0.717) is 30.0 Å². The monoisotopic (exact) mass is 281 g/mol. The lowest BCUT2D eigenvalue weighted by Gasteiger charge is -2.10. The van der Waals surface area contributed by atoms with E-state index in [-0.39, 0.29) is 5.91 Å². The van der Waals surface area contributed by atoms with Crippen LogP contribution in [0.25, 0.3) is 0 Å². The molecule has 1 aromatic carbocycles. The van der Waals surface area contributed by atoms with Gasteiger partial charge in [0.05, 0.1) is 17.9 Å². The van der Waals surface area contributed by atoms with Gasteiger partial charge in [-0.05, 0) is 24.3 Å². The maximum Gasteiger partial charge on any atom is 0.340 e. The molecule has 1 N–H and O–H groups in total. The molecule has 0 aliphatic rings. The van der Waals surface area contributed by atoms with E-state index in [1.807, 2.05) is 6.92 Å². The van der Waals surface area contributed by atoms with Gasteiger partial charge in [-0.25, -0.2) is 4.79 Å². The van der Waals surface area contributed by atoms with Crippen molar-refractivity contribution in [1.82, 2.24) is 0 Å². The molecule has 0 fully saturated rings. The number of carbonyl (C=O) groups excluding carboxylic acids is 2. The van der Waals surface area contributed by atoms with Gasteiger partial charge in [0.15, 0.2) is 0 Å². The van der Waals surface area contributed by atoms with Gasteiger partial charge in [-0.15, -0.1) is 0 Å². The lowest BCUT2D eigenvalue weighted by molar-refractivity contribution is -0.115.